The van der Waals surface area contributed by atoms with Gasteiger partial charge in [-0.25, -0.2) is 4.99 Å². The van der Waals surface area contributed by atoms with Crippen molar-refractivity contribution in [2.24, 2.45) is 9.98 Å². The molecule has 0 aliphatic heterocycles. The molecule has 0 unspecified atom stereocenters. The van der Waals surface area contributed by atoms with Crippen LogP contribution in [0.15, 0.2) is 76.7 Å². The smallest absolute Gasteiger partial charge is 0.258 e. The van der Waals surface area contributed by atoms with E-state index < -0.39 is 4.92 Å². The molecule has 0 saturated heterocycles. The minimum Gasteiger partial charge on any atom is -0.258 e. The number of benzene rings is 3. The molecule has 3 rings (SSSR count). The number of hydrogen-bond donors (Lipinski definition) is 0. The van der Waals surface area contributed by atoms with E-state index in [1.807, 2.05) is 36.4 Å². The van der Waals surface area contributed by atoms with Crippen molar-refractivity contribution in [3.8, 4) is 0 Å². The van der Waals surface area contributed by atoms with Crippen LogP contribution in [-0.2, 0) is 12.8 Å². The second kappa shape index (κ2) is 9.55. The fourth-order valence-electron chi connectivity index (χ4n) is 2.82. The van der Waals surface area contributed by atoms with Gasteiger partial charge in [0.1, 0.15) is 5.69 Å². The van der Waals surface area contributed by atoms with Gasteiger partial charge in [-0.05, 0) is 47.2 Å². The van der Waals surface area contributed by atoms with Gasteiger partial charge in [0.25, 0.3) is 5.69 Å². The van der Waals surface area contributed by atoms with Crippen LogP contribution in [0.2, 0.25) is 0 Å². The predicted octanol–water partition coefficient (Wildman–Crippen LogP) is 6.22. The van der Waals surface area contributed by atoms with Gasteiger partial charge in [-0.2, -0.15) is 0 Å². The first-order chi connectivity index (χ1) is 14.1. The average molecular weight is 385 g/mol. The van der Waals surface area contributed by atoms with Gasteiger partial charge in [-0.15, -0.1) is 0 Å². The zero-order valence-corrected chi connectivity index (χ0v) is 16.6. The van der Waals surface area contributed by atoms with Crippen LogP contribution >= 0.6 is 0 Å². The van der Waals surface area contributed by atoms with Crippen LogP contribution < -0.4 is 0 Å². The van der Waals surface area contributed by atoms with E-state index in [9.17, 15) is 10.1 Å². The minimum atomic E-state index is -0.429. The molecule has 0 saturated carbocycles. The number of aryl methyl sites for hydroxylation is 2. The molecule has 0 aromatic heterocycles. The lowest BCUT2D eigenvalue weighted by atomic mass is 10.1. The van der Waals surface area contributed by atoms with Crippen LogP contribution in [-0.4, -0.2) is 17.4 Å². The number of nitro groups is 1. The van der Waals surface area contributed by atoms with Crippen LogP contribution in [0.4, 0.5) is 17.1 Å². The summed E-state index contributed by atoms with van der Waals surface area (Å²) in [4.78, 5) is 19.8. The number of nitrogens with zero attached hydrogens (tertiary/aromatic N) is 3. The quantitative estimate of drug-likeness (QED) is 0.275. The largest absolute Gasteiger partial charge is 0.296 e. The van der Waals surface area contributed by atoms with E-state index in [-0.39, 0.29) is 5.69 Å². The summed E-state index contributed by atoms with van der Waals surface area (Å²) in [5, 5.41) is 11.5. The van der Waals surface area contributed by atoms with Gasteiger partial charge in [0, 0.05) is 18.5 Å². The van der Waals surface area contributed by atoms with E-state index >= 15 is 0 Å². The summed E-state index contributed by atoms with van der Waals surface area (Å²) in [7, 11) is 0. The van der Waals surface area contributed by atoms with Crippen LogP contribution in [0.3, 0.4) is 0 Å². The molecule has 0 N–H and O–H groups in total. The first kappa shape index (κ1) is 20.1. The molecule has 3 aromatic rings. The highest BCUT2D eigenvalue weighted by atomic mass is 16.6. The SMILES string of the molecule is CCc1ccc(C=Nc2ccc(N=Cc3ccc(CC)cc3)c([N+](=O)[O-])c2)cc1. The fourth-order valence-corrected chi connectivity index (χ4v) is 2.82. The molecular weight excluding hydrogens is 362 g/mol. The Balaban J connectivity index is 1.81. The summed E-state index contributed by atoms with van der Waals surface area (Å²) in [6.07, 6.45) is 5.29. The summed E-state index contributed by atoms with van der Waals surface area (Å²) in [5.41, 5.74) is 5.09. The molecule has 0 bridgehead atoms. The Morgan fingerprint density at radius 3 is 1.79 bits per heavy atom. The normalized spacial score (nSPS) is 11.4. The van der Waals surface area contributed by atoms with Crippen LogP contribution in [0.5, 0.6) is 0 Å². The molecule has 29 heavy (non-hydrogen) atoms. The third-order valence-corrected chi connectivity index (χ3v) is 4.65. The summed E-state index contributed by atoms with van der Waals surface area (Å²) in [5.74, 6) is 0. The fraction of sp³-hybridized carbons (Fsp3) is 0.167. The van der Waals surface area contributed by atoms with Crippen molar-refractivity contribution in [3.63, 3.8) is 0 Å². The highest BCUT2D eigenvalue weighted by molar-refractivity contribution is 5.85. The molecule has 0 atom stereocenters. The van der Waals surface area contributed by atoms with Gasteiger partial charge >= 0.3 is 0 Å². The van der Waals surface area contributed by atoms with Gasteiger partial charge < -0.3 is 0 Å². The molecule has 5 heteroatoms. The number of hydrogen-bond acceptors (Lipinski definition) is 4. The second-order valence-electron chi connectivity index (χ2n) is 6.64. The van der Waals surface area contributed by atoms with E-state index in [1.54, 1.807) is 24.6 Å². The molecule has 146 valence electrons. The Kier molecular flexibility index (Phi) is 6.63. The zero-order valence-electron chi connectivity index (χ0n) is 16.6. The summed E-state index contributed by atoms with van der Waals surface area (Å²) in [6.45, 7) is 4.20. The highest BCUT2D eigenvalue weighted by Crippen LogP contribution is 2.31. The standard InChI is InChI=1S/C24H23N3O2/c1-3-18-5-9-20(10-6-18)16-25-22-13-14-23(24(15-22)27(28)29)26-17-21-11-7-19(4-2)8-12-21/h5-17H,3-4H2,1-2H3. The van der Waals surface area contributed by atoms with Crippen molar-refractivity contribution >= 4 is 29.5 Å². The molecule has 3 aromatic carbocycles. The monoisotopic (exact) mass is 385 g/mol. The van der Waals surface area contributed by atoms with Gasteiger partial charge in [0.2, 0.25) is 0 Å². The maximum Gasteiger partial charge on any atom is 0.296 e. The average Bonchev–Trinajstić information content (AvgIpc) is 2.77. The molecule has 0 aliphatic carbocycles. The number of rotatable bonds is 7. The van der Waals surface area contributed by atoms with Crippen molar-refractivity contribution in [2.75, 3.05) is 0 Å². The molecule has 0 fully saturated rings. The molecule has 0 radical (unpaired) electrons. The molecule has 0 amide bonds. The Morgan fingerprint density at radius 1 is 0.793 bits per heavy atom. The predicted molar refractivity (Wildman–Crippen MR) is 119 cm³/mol. The van der Waals surface area contributed by atoms with Crippen molar-refractivity contribution in [3.05, 3.63) is 99.1 Å². The summed E-state index contributed by atoms with van der Waals surface area (Å²) < 4.78 is 0. The Labute approximate surface area is 170 Å². The van der Waals surface area contributed by atoms with Crippen LogP contribution in [0.1, 0.15) is 36.1 Å². The van der Waals surface area contributed by atoms with Gasteiger partial charge in [0.15, 0.2) is 0 Å². The van der Waals surface area contributed by atoms with Crippen molar-refractivity contribution < 1.29 is 4.92 Å². The number of nitro benzene ring substituents is 1. The molecule has 0 spiro atoms. The van der Waals surface area contributed by atoms with Crippen LogP contribution in [0, 0.1) is 10.1 Å². The van der Waals surface area contributed by atoms with Crippen molar-refractivity contribution in [1.29, 1.82) is 0 Å². The van der Waals surface area contributed by atoms with E-state index in [0.717, 1.165) is 24.0 Å². The number of aliphatic imine (C=N–C) groups is 2. The lowest BCUT2D eigenvalue weighted by Crippen LogP contribution is -1.89. The second-order valence-corrected chi connectivity index (χ2v) is 6.64. The molecule has 0 aliphatic rings. The maximum atomic E-state index is 11.5. The minimum absolute atomic E-state index is 0.0672. The van der Waals surface area contributed by atoms with E-state index in [1.165, 1.54) is 17.2 Å². The maximum absolute atomic E-state index is 11.5. The topological polar surface area (TPSA) is 67.9 Å². The zero-order chi connectivity index (χ0) is 20.6. The highest BCUT2D eigenvalue weighted by Gasteiger charge is 2.13. The molecule has 5 nitrogen and oxygen atoms in total. The Hall–Kier alpha value is -3.60. The molecular formula is C24H23N3O2. The van der Waals surface area contributed by atoms with E-state index in [4.69, 9.17) is 0 Å². The van der Waals surface area contributed by atoms with Crippen LogP contribution in [0.25, 0.3) is 0 Å². The third-order valence-electron chi connectivity index (χ3n) is 4.65. The van der Waals surface area contributed by atoms with E-state index in [2.05, 4.69) is 36.0 Å². The first-order valence-corrected chi connectivity index (χ1v) is 9.63. The lowest BCUT2D eigenvalue weighted by Gasteiger charge is -2.01. The van der Waals surface area contributed by atoms with Gasteiger partial charge in [-0.1, -0.05) is 62.4 Å². The van der Waals surface area contributed by atoms with Gasteiger partial charge in [-0.3, -0.25) is 15.1 Å². The van der Waals surface area contributed by atoms with Gasteiger partial charge in [0.05, 0.1) is 10.6 Å². The van der Waals surface area contributed by atoms with E-state index in [0.29, 0.717) is 11.4 Å². The Morgan fingerprint density at radius 2 is 1.31 bits per heavy atom. The third kappa shape index (κ3) is 5.45. The summed E-state index contributed by atoms with van der Waals surface area (Å²) in [6, 6.07) is 20.8. The van der Waals surface area contributed by atoms with Crippen molar-refractivity contribution in [2.45, 2.75) is 26.7 Å². The van der Waals surface area contributed by atoms with Crippen molar-refractivity contribution in [1.82, 2.24) is 0 Å². The Bertz CT molecular complexity index is 1040. The molecule has 0 heterocycles. The first-order valence-electron chi connectivity index (χ1n) is 9.63. The lowest BCUT2D eigenvalue weighted by molar-refractivity contribution is -0.384. The summed E-state index contributed by atoms with van der Waals surface area (Å²) >= 11 is 0.